The van der Waals surface area contributed by atoms with Gasteiger partial charge >= 0.3 is 0 Å². The van der Waals surface area contributed by atoms with Crippen molar-refractivity contribution in [2.75, 3.05) is 24.3 Å². The normalized spacial score (nSPS) is 15.5. The fourth-order valence-electron chi connectivity index (χ4n) is 4.20. The quantitative estimate of drug-likeness (QED) is 0.418. The molecule has 0 aromatic heterocycles. The van der Waals surface area contributed by atoms with E-state index in [1.54, 1.807) is 0 Å². The maximum atomic E-state index is 12.8. The van der Waals surface area contributed by atoms with E-state index in [9.17, 15) is 4.79 Å². The Morgan fingerprint density at radius 1 is 1.09 bits per heavy atom. The number of hydrogen-bond donors (Lipinski definition) is 1. The second-order valence-electron chi connectivity index (χ2n) is 8.48. The molecule has 32 heavy (non-hydrogen) atoms. The van der Waals surface area contributed by atoms with Crippen molar-refractivity contribution in [3.05, 3.63) is 83.4 Å². The van der Waals surface area contributed by atoms with Crippen LogP contribution in [-0.4, -0.2) is 25.3 Å². The van der Waals surface area contributed by atoms with Gasteiger partial charge in [0.15, 0.2) is 4.90 Å². The van der Waals surface area contributed by atoms with Crippen LogP contribution in [0.4, 0.5) is 11.4 Å². The lowest BCUT2D eigenvalue weighted by molar-refractivity contribution is 0.0950. The molecule has 1 saturated carbocycles. The first-order valence-electron chi connectivity index (χ1n) is 11.3. The Labute approximate surface area is 194 Å². The van der Waals surface area contributed by atoms with Crippen molar-refractivity contribution >= 4 is 29.0 Å². The summed E-state index contributed by atoms with van der Waals surface area (Å²) in [5, 5.41) is 3.03. The summed E-state index contributed by atoms with van der Waals surface area (Å²) in [6.07, 6.45) is 5.65. The molecule has 5 rings (SSSR count). The average Bonchev–Trinajstić information content (AvgIpc) is 3.70. The number of benzene rings is 3. The zero-order valence-electron chi connectivity index (χ0n) is 18.4. The third kappa shape index (κ3) is 4.63. The number of carbonyl (C=O) groups is 1. The molecule has 1 aliphatic heterocycles. The van der Waals surface area contributed by atoms with Gasteiger partial charge in [-0.25, -0.2) is 0 Å². The van der Waals surface area contributed by atoms with E-state index < -0.39 is 0 Å². The Balaban J connectivity index is 1.33. The largest absolute Gasteiger partial charge is 0.491 e. The van der Waals surface area contributed by atoms with Crippen LogP contribution in [0.1, 0.15) is 46.7 Å². The Bertz CT molecular complexity index is 1110. The van der Waals surface area contributed by atoms with Gasteiger partial charge in [0.05, 0.1) is 12.3 Å². The van der Waals surface area contributed by atoms with Crippen LogP contribution in [0.15, 0.2) is 71.6 Å². The number of carbonyl (C=O) groups excluding carboxylic acids is 1. The number of hydrogen-bond acceptors (Lipinski definition) is 3. The minimum atomic E-state index is -0.0828. The summed E-state index contributed by atoms with van der Waals surface area (Å²) in [7, 11) is 0. The third-order valence-electron chi connectivity index (χ3n) is 6.17. The van der Waals surface area contributed by atoms with Crippen LogP contribution in [0, 0.1) is 0 Å². The fraction of sp³-hybridized carbons (Fsp3) is 0.296. The molecule has 5 heteroatoms. The van der Waals surface area contributed by atoms with E-state index >= 15 is 0 Å². The molecule has 2 aliphatic rings. The molecular formula is C27H29N2O2S+. The highest BCUT2D eigenvalue weighted by Gasteiger charge is 2.25. The van der Waals surface area contributed by atoms with Gasteiger partial charge in [-0.2, -0.15) is 0 Å². The van der Waals surface area contributed by atoms with Crippen molar-refractivity contribution in [2.24, 2.45) is 0 Å². The maximum absolute atomic E-state index is 12.8. The van der Waals surface area contributed by atoms with Crippen LogP contribution in [0.25, 0.3) is 0 Å². The van der Waals surface area contributed by atoms with Gasteiger partial charge in [-0.05, 0) is 78.8 Å². The van der Waals surface area contributed by atoms with Gasteiger partial charge in [-0.1, -0.05) is 24.3 Å². The van der Waals surface area contributed by atoms with E-state index in [-0.39, 0.29) is 5.91 Å². The van der Waals surface area contributed by atoms with Crippen molar-refractivity contribution in [3.8, 4) is 5.75 Å². The summed E-state index contributed by atoms with van der Waals surface area (Å²) >= 11 is 1.25. The maximum Gasteiger partial charge on any atom is 0.251 e. The van der Waals surface area contributed by atoms with Crippen molar-refractivity contribution in [1.29, 1.82) is 0 Å². The SMILES string of the molecule is C[SH+]c1ccc(CNC(=O)c2ccc3c(c2)OCCCN3c2cccc(C3CC3)c2)cc1. The number of ether oxygens (including phenoxy) is 1. The minimum Gasteiger partial charge on any atom is -0.491 e. The van der Waals surface area contributed by atoms with Crippen molar-refractivity contribution in [3.63, 3.8) is 0 Å². The Morgan fingerprint density at radius 2 is 1.94 bits per heavy atom. The van der Waals surface area contributed by atoms with E-state index in [0.717, 1.165) is 35.9 Å². The van der Waals surface area contributed by atoms with Crippen LogP contribution in [0.5, 0.6) is 5.75 Å². The minimum absolute atomic E-state index is 0.0828. The molecule has 3 aromatic rings. The van der Waals surface area contributed by atoms with Gasteiger partial charge < -0.3 is 15.0 Å². The molecule has 0 bridgehead atoms. The van der Waals surface area contributed by atoms with Gasteiger partial charge in [0, 0.05) is 36.1 Å². The average molecular weight is 446 g/mol. The third-order valence-corrected chi connectivity index (χ3v) is 6.99. The van der Waals surface area contributed by atoms with E-state index in [2.05, 4.69) is 65.0 Å². The first kappa shape index (κ1) is 21.0. The van der Waals surface area contributed by atoms with Crippen molar-refractivity contribution in [2.45, 2.75) is 36.6 Å². The number of nitrogens with zero attached hydrogens (tertiary/aromatic N) is 1. The first-order chi connectivity index (χ1) is 15.7. The van der Waals surface area contributed by atoms with Crippen LogP contribution >= 0.6 is 0 Å². The van der Waals surface area contributed by atoms with Gasteiger partial charge in [-0.15, -0.1) is 0 Å². The molecule has 0 radical (unpaired) electrons. The van der Waals surface area contributed by atoms with Gasteiger partial charge in [0.1, 0.15) is 12.0 Å². The molecule has 1 fully saturated rings. The summed E-state index contributed by atoms with van der Waals surface area (Å²) in [5.74, 6) is 1.42. The van der Waals surface area contributed by atoms with E-state index in [4.69, 9.17) is 4.74 Å². The van der Waals surface area contributed by atoms with Crippen LogP contribution in [0.2, 0.25) is 0 Å². The highest BCUT2D eigenvalue weighted by atomic mass is 32.2. The number of fused-ring (bicyclic) bond motifs is 1. The summed E-state index contributed by atoms with van der Waals surface area (Å²) < 4.78 is 6.05. The molecule has 1 N–H and O–H groups in total. The molecule has 1 heterocycles. The number of anilines is 2. The van der Waals surface area contributed by atoms with E-state index in [0.29, 0.717) is 18.7 Å². The lowest BCUT2D eigenvalue weighted by Crippen LogP contribution is -2.23. The van der Waals surface area contributed by atoms with Crippen LogP contribution in [0.3, 0.4) is 0 Å². The summed E-state index contributed by atoms with van der Waals surface area (Å²) in [6, 6.07) is 23.0. The lowest BCUT2D eigenvalue weighted by Gasteiger charge is -2.25. The topological polar surface area (TPSA) is 41.6 Å². The number of nitrogens with one attached hydrogen (secondary N) is 1. The van der Waals surface area contributed by atoms with Crippen molar-refractivity contribution in [1.82, 2.24) is 5.32 Å². The number of amides is 1. The predicted molar refractivity (Wildman–Crippen MR) is 133 cm³/mol. The predicted octanol–water partition coefficient (Wildman–Crippen LogP) is 5.22. The van der Waals surface area contributed by atoms with Crippen LogP contribution < -0.4 is 15.0 Å². The first-order valence-corrected chi connectivity index (χ1v) is 12.7. The molecular weight excluding hydrogens is 416 g/mol. The highest BCUT2D eigenvalue weighted by molar-refractivity contribution is 7.77. The van der Waals surface area contributed by atoms with Gasteiger partial charge in [0.2, 0.25) is 0 Å². The second-order valence-corrected chi connectivity index (χ2v) is 9.44. The number of rotatable bonds is 6. The van der Waals surface area contributed by atoms with Gasteiger partial charge in [0.25, 0.3) is 5.91 Å². The smallest absolute Gasteiger partial charge is 0.251 e. The molecule has 1 amide bonds. The van der Waals surface area contributed by atoms with E-state index in [1.807, 2.05) is 18.2 Å². The molecule has 0 unspecified atom stereocenters. The molecule has 164 valence electrons. The monoisotopic (exact) mass is 445 g/mol. The van der Waals surface area contributed by atoms with Gasteiger partial charge in [-0.3, -0.25) is 4.79 Å². The molecule has 0 saturated heterocycles. The summed E-state index contributed by atoms with van der Waals surface area (Å²) in [5.41, 5.74) is 5.38. The highest BCUT2D eigenvalue weighted by Crippen LogP contribution is 2.43. The molecule has 3 aromatic carbocycles. The molecule has 4 nitrogen and oxygen atoms in total. The summed E-state index contributed by atoms with van der Waals surface area (Å²) in [4.78, 5) is 16.4. The van der Waals surface area contributed by atoms with Crippen LogP contribution in [-0.2, 0) is 18.3 Å². The Hall–Kier alpha value is -2.92. The zero-order chi connectivity index (χ0) is 21.9. The number of thiol groups is 1. The zero-order valence-corrected chi connectivity index (χ0v) is 19.3. The molecule has 1 aliphatic carbocycles. The van der Waals surface area contributed by atoms with E-state index in [1.165, 1.54) is 40.7 Å². The fourth-order valence-corrected chi connectivity index (χ4v) is 4.65. The summed E-state index contributed by atoms with van der Waals surface area (Å²) in [6.45, 7) is 2.07. The molecule has 0 atom stereocenters. The standard InChI is InChI=1S/C27H28N2O2S/c1-32-24-11-6-19(7-12-24)18-28-27(30)22-10-13-25-26(17-22)31-15-3-14-29(25)23-5-2-4-21(16-23)20-8-9-20/h2,4-7,10-13,16-17,20H,3,8-9,14-15,18H2,1H3,(H,28,30)/p+1. The Kier molecular flexibility index (Phi) is 6.08. The molecule has 0 spiro atoms. The Morgan fingerprint density at radius 3 is 2.72 bits per heavy atom. The van der Waals surface area contributed by atoms with Crippen molar-refractivity contribution < 1.29 is 9.53 Å². The lowest BCUT2D eigenvalue weighted by atomic mass is 10.1. The second kappa shape index (κ2) is 9.29.